The maximum Gasteiger partial charge on any atom is 0.0998 e. The van der Waals surface area contributed by atoms with Gasteiger partial charge in [0.05, 0.1) is 45.5 Å². The van der Waals surface area contributed by atoms with E-state index in [2.05, 4.69) is 143 Å². The number of benzene rings is 6. The number of hydrogen-bond donors (Lipinski definition) is 0. The Labute approximate surface area is 278 Å². The van der Waals surface area contributed by atoms with Gasteiger partial charge in [0.15, 0.2) is 0 Å². The smallest absolute Gasteiger partial charge is 0.0998 e. The lowest BCUT2D eigenvalue weighted by atomic mass is 9.93. The van der Waals surface area contributed by atoms with Crippen molar-refractivity contribution >= 4 is 38.8 Å². The Kier molecular flexibility index (Phi) is 6.35. The molecule has 4 nitrogen and oxygen atoms in total. The molecule has 0 radical (unpaired) electrons. The van der Waals surface area contributed by atoms with Crippen molar-refractivity contribution in [2.45, 2.75) is 12.8 Å². The first-order valence-electron chi connectivity index (χ1n) is 16.2. The largest absolute Gasteiger partial charge is 0.313 e. The molecule has 0 saturated heterocycles. The van der Waals surface area contributed by atoms with Crippen molar-refractivity contribution in [3.05, 3.63) is 162 Å². The molecular formula is C44H28N4. The molecule has 0 amide bonds. The van der Waals surface area contributed by atoms with E-state index in [0.29, 0.717) is 11.1 Å². The molecule has 48 heavy (non-hydrogen) atoms. The lowest BCUT2D eigenvalue weighted by Gasteiger charge is -2.17. The summed E-state index contributed by atoms with van der Waals surface area (Å²) >= 11 is 0. The molecule has 1 aliphatic rings. The van der Waals surface area contributed by atoms with Gasteiger partial charge in [0, 0.05) is 44.2 Å². The summed E-state index contributed by atoms with van der Waals surface area (Å²) in [6.45, 7) is 0. The monoisotopic (exact) mass is 612 g/mol. The average Bonchev–Trinajstić information content (AvgIpc) is 3.67. The summed E-state index contributed by atoms with van der Waals surface area (Å²) in [5, 5.41) is 24.3. The highest BCUT2D eigenvalue weighted by molar-refractivity contribution is 6.09. The Hall–Kier alpha value is -6.62. The maximum atomic E-state index is 10.6. The van der Waals surface area contributed by atoms with Gasteiger partial charge < -0.3 is 9.13 Å². The minimum absolute atomic E-state index is 0.582. The highest BCUT2D eigenvalue weighted by Gasteiger charge is 2.20. The fourth-order valence-corrected chi connectivity index (χ4v) is 7.57. The third-order valence-electron chi connectivity index (χ3n) is 9.64. The molecule has 0 spiro atoms. The van der Waals surface area contributed by atoms with Crippen molar-refractivity contribution in [3.8, 4) is 45.8 Å². The minimum Gasteiger partial charge on any atom is -0.313 e. The first-order chi connectivity index (χ1) is 23.7. The molecular weight excluding hydrogens is 585 g/mol. The summed E-state index contributed by atoms with van der Waals surface area (Å²) in [5.74, 6) is 0. The predicted molar refractivity (Wildman–Crippen MR) is 195 cm³/mol. The van der Waals surface area contributed by atoms with Gasteiger partial charge in [-0.15, -0.1) is 0 Å². The van der Waals surface area contributed by atoms with Gasteiger partial charge in [-0.25, -0.2) is 0 Å². The average molecular weight is 613 g/mol. The van der Waals surface area contributed by atoms with Crippen LogP contribution in [0.15, 0.2) is 140 Å². The molecule has 0 saturated carbocycles. The third-order valence-corrected chi connectivity index (χ3v) is 9.64. The van der Waals surface area contributed by atoms with Crippen LogP contribution in [0.2, 0.25) is 0 Å². The lowest BCUT2D eigenvalue weighted by molar-refractivity contribution is 0.888. The van der Waals surface area contributed by atoms with Gasteiger partial charge in [-0.3, -0.25) is 0 Å². The summed E-state index contributed by atoms with van der Waals surface area (Å²) in [5.41, 5.74) is 12.7. The Morgan fingerprint density at radius 3 is 1.94 bits per heavy atom. The number of fused-ring (bicyclic) bond motifs is 6. The van der Waals surface area contributed by atoms with E-state index in [9.17, 15) is 10.5 Å². The summed E-state index contributed by atoms with van der Waals surface area (Å²) in [4.78, 5) is 0. The van der Waals surface area contributed by atoms with Crippen molar-refractivity contribution < 1.29 is 0 Å². The molecule has 0 fully saturated rings. The first-order valence-corrected chi connectivity index (χ1v) is 16.2. The van der Waals surface area contributed by atoms with Crippen LogP contribution in [0.25, 0.3) is 72.4 Å². The molecule has 2 heterocycles. The minimum atomic E-state index is 0.582. The highest BCUT2D eigenvalue weighted by atomic mass is 15.0. The molecule has 224 valence electrons. The molecule has 6 aromatic carbocycles. The molecule has 0 atom stereocenters. The summed E-state index contributed by atoms with van der Waals surface area (Å²) in [6, 6.07) is 50.7. The molecule has 0 aliphatic heterocycles. The van der Waals surface area contributed by atoms with Gasteiger partial charge in [-0.05, 0) is 72.5 Å². The van der Waals surface area contributed by atoms with Crippen LogP contribution >= 0.6 is 0 Å². The topological polar surface area (TPSA) is 57.4 Å². The van der Waals surface area contributed by atoms with Gasteiger partial charge in [-0.1, -0.05) is 97.1 Å². The van der Waals surface area contributed by atoms with Crippen LogP contribution in [0.3, 0.4) is 0 Å². The predicted octanol–water partition coefficient (Wildman–Crippen LogP) is 10.8. The van der Waals surface area contributed by atoms with E-state index in [0.717, 1.165) is 63.0 Å². The molecule has 0 bridgehead atoms. The number of allylic oxidation sites excluding steroid dienone is 1. The Bertz CT molecular complexity index is 2650. The van der Waals surface area contributed by atoms with E-state index in [4.69, 9.17) is 0 Å². The molecule has 0 N–H and O–H groups in total. The third kappa shape index (κ3) is 4.21. The van der Waals surface area contributed by atoms with Gasteiger partial charge in [0.1, 0.15) is 0 Å². The van der Waals surface area contributed by atoms with Gasteiger partial charge in [0.25, 0.3) is 0 Å². The Morgan fingerprint density at radius 1 is 0.542 bits per heavy atom. The number of nitriles is 2. The van der Waals surface area contributed by atoms with E-state index >= 15 is 0 Å². The zero-order chi connectivity index (χ0) is 32.2. The molecule has 0 unspecified atom stereocenters. The second-order valence-electron chi connectivity index (χ2n) is 12.3. The second kappa shape index (κ2) is 11.0. The number of aromatic nitrogens is 2. The molecule has 4 heteroatoms. The van der Waals surface area contributed by atoms with Gasteiger partial charge in [-0.2, -0.15) is 10.5 Å². The van der Waals surface area contributed by atoms with Crippen LogP contribution in [-0.4, -0.2) is 9.13 Å². The van der Waals surface area contributed by atoms with Crippen molar-refractivity contribution in [2.75, 3.05) is 0 Å². The fourth-order valence-electron chi connectivity index (χ4n) is 7.57. The quantitative estimate of drug-likeness (QED) is 0.199. The first kappa shape index (κ1) is 27.7. The molecule has 2 aromatic heterocycles. The normalized spacial score (nSPS) is 12.3. The van der Waals surface area contributed by atoms with E-state index in [1.165, 1.54) is 27.4 Å². The van der Waals surface area contributed by atoms with Crippen molar-refractivity contribution in [3.63, 3.8) is 0 Å². The van der Waals surface area contributed by atoms with E-state index < -0.39 is 0 Å². The zero-order valence-corrected chi connectivity index (χ0v) is 26.1. The molecule has 1 aliphatic carbocycles. The van der Waals surface area contributed by atoms with Gasteiger partial charge >= 0.3 is 0 Å². The SMILES string of the molecule is N#Cc1cc(-c2ccc(-c3ccccc3-n3c4ccccc4c4ccccc43)c(C#N)c2)cc(-n2c3c(c4ccccc42)C=CCC3)c1. The van der Waals surface area contributed by atoms with E-state index in [-0.39, 0.29) is 0 Å². The zero-order valence-electron chi connectivity index (χ0n) is 26.1. The van der Waals surface area contributed by atoms with Crippen molar-refractivity contribution in [2.24, 2.45) is 0 Å². The summed E-state index contributed by atoms with van der Waals surface area (Å²) in [6.07, 6.45) is 6.38. The van der Waals surface area contributed by atoms with Crippen LogP contribution in [0.4, 0.5) is 0 Å². The lowest BCUT2D eigenvalue weighted by Crippen LogP contribution is -2.03. The van der Waals surface area contributed by atoms with E-state index in [1.54, 1.807) is 0 Å². The Morgan fingerprint density at radius 2 is 1.21 bits per heavy atom. The van der Waals surface area contributed by atoms with Crippen LogP contribution < -0.4 is 0 Å². The number of nitrogens with zero attached hydrogens (tertiary/aromatic N) is 4. The Balaban J connectivity index is 1.21. The number of para-hydroxylation sites is 4. The highest BCUT2D eigenvalue weighted by Crippen LogP contribution is 2.39. The van der Waals surface area contributed by atoms with Crippen LogP contribution in [0.5, 0.6) is 0 Å². The molecule has 8 aromatic rings. The van der Waals surface area contributed by atoms with Crippen LogP contribution in [-0.2, 0) is 6.42 Å². The number of hydrogen-bond acceptors (Lipinski definition) is 2. The van der Waals surface area contributed by atoms with Gasteiger partial charge in [0.2, 0.25) is 0 Å². The summed E-state index contributed by atoms with van der Waals surface area (Å²) < 4.78 is 4.61. The van der Waals surface area contributed by atoms with Crippen molar-refractivity contribution in [1.82, 2.24) is 9.13 Å². The van der Waals surface area contributed by atoms with Crippen LogP contribution in [0, 0.1) is 22.7 Å². The standard InChI is InChI=1S/C44H28N4/c45-27-29-23-31(26-33(24-29)47-40-16-6-2-12-36(40)37-13-3-7-17-41(37)47)30-21-22-34(32(25-30)28-46)35-11-1-8-18-42(35)48-43-19-9-4-14-38(43)39-15-5-10-20-44(39)48/h1-6,8-16,18-26H,7,17H2. The van der Waals surface area contributed by atoms with Crippen LogP contribution in [0.1, 0.15) is 28.8 Å². The summed E-state index contributed by atoms with van der Waals surface area (Å²) in [7, 11) is 0. The fraction of sp³-hybridized carbons (Fsp3) is 0.0455. The molecule has 9 rings (SSSR count). The number of rotatable bonds is 4. The van der Waals surface area contributed by atoms with Crippen molar-refractivity contribution in [1.29, 1.82) is 10.5 Å². The second-order valence-corrected chi connectivity index (χ2v) is 12.3. The van der Waals surface area contributed by atoms with E-state index in [1.807, 2.05) is 24.3 Å². The maximum absolute atomic E-state index is 10.6.